The largest absolute Gasteiger partial charge is 0.264 e. The summed E-state index contributed by atoms with van der Waals surface area (Å²) in [6, 6.07) is 8.13. The molecule has 0 radical (unpaired) electrons. The highest BCUT2D eigenvalue weighted by atomic mass is 127. The second kappa shape index (κ2) is 4.42. The molecule has 0 aliphatic rings. The number of H-pyrrole nitrogens is 1. The Morgan fingerprint density at radius 3 is 2.44 bits per heavy atom. The zero-order valence-corrected chi connectivity index (χ0v) is 11.0. The smallest absolute Gasteiger partial charge is 0.263 e. The highest BCUT2D eigenvalue weighted by Gasteiger charge is 2.13. The Labute approximate surface area is 106 Å². The van der Waals surface area contributed by atoms with Crippen molar-refractivity contribution in [1.82, 2.24) is 10.2 Å². The normalized spacial score (nSPS) is 11.3. The zero-order chi connectivity index (χ0) is 11.6. The molecule has 0 saturated carbocycles. The van der Waals surface area contributed by atoms with Gasteiger partial charge in [-0.2, -0.15) is 5.10 Å². The number of hydrogen-bond acceptors (Lipinski definition) is 3. The van der Waals surface area contributed by atoms with Crippen LogP contribution in [0.1, 0.15) is 0 Å². The molecule has 0 aliphatic heterocycles. The Bertz CT molecular complexity index is 563. The molecule has 16 heavy (non-hydrogen) atoms. The van der Waals surface area contributed by atoms with Crippen LogP contribution in [0.5, 0.6) is 0 Å². The minimum absolute atomic E-state index is 0.225. The zero-order valence-electron chi connectivity index (χ0n) is 8.01. The Morgan fingerprint density at radius 1 is 1.19 bits per heavy atom. The first-order valence-electron chi connectivity index (χ1n) is 4.36. The first-order chi connectivity index (χ1) is 7.58. The number of hydrogen-bond donors (Lipinski definition) is 2. The number of benzene rings is 1. The molecular formula is C9H8IN3O2S. The fourth-order valence-corrected chi connectivity index (χ4v) is 2.51. The number of aromatic nitrogens is 2. The molecule has 0 fully saturated rings. The maximum atomic E-state index is 11.8. The van der Waals surface area contributed by atoms with E-state index in [9.17, 15) is 8.42 Å². The highest BCUT2D eigenvalue weighted by molar-refractivity contribution is 14.1. The van der Waals surface area contributed by atoms with E-state index in [1.165, 1.54) is 6.20 Å². The van der Waals surface area contributed by atoms with Crippen molar-refractivity contribution in [1.29, 1.82) is 0 Å². The number of sulfonamides is 1. The first-order valence-corrected chi connectivity index (χ1v) is 6.92. The van der Waals surface area contributed by atoms with Crippen molar-refractivity contribution in [3.63, 3.8) is 0 Å². The lowest BCUT2D eigenvalue weighted by molar-refractivity contribution is 0.601. The summed E-state index contributed by atoms with van der Waals surface area (Å²) >= 11 is 2.12. The predicted molar refractivity (Wildman–Crippen MR) is 68.6 cm³/mol. The van der Waals surface area contributed by atoms with Crippen LogP contribution in [0.4, 0.5) is 5.82 Å². The van der Waals surface area contributed by atoms with Gasteiger partial charge in [0.05, 0.1) is 11.1 Å². The third-order valence-electron chi connectivity index (χ3n) is 1.87. The van der Waals surface area contributed by atoms with Crippen LogP contribution in [-0.2, 0) is 10.0 Å². The van der Waals surface area contributed by atoms with Gasteiger partial charge in [-0.05, 0) is 46.9 Å². The van der Waals surface area contributed by atoms with Gasteiger partial charge in [-0.15, -0.1) is 0 Å². The number of rotatable bonds is 3. The lowest BCUT2D eigenvalue weighted by Gasteiger charge is -2.05. The maximum Gasteiger partial charge on any atom is 0.263 e. The van der Waals surface area contributed by atoms with Crippen molar-refractivity contribution in [3.8, 4) is 0 Å². The van der Waals surface area contributed by atoms with Gasteiger partial charge in [0.1, 0.15) is 5.82 Å². The summed E-state index contributed by atoms with van der Waals surface area (Å²) in [5.41, 5.74) is 0. The predicted octanol–water partition coefficient (Wildman–Crippen LogP) is 1.82. The van der Waals surface area contributed by atoms with Gasteiger partial charge in [0.15, 0.2) is 0 Å². The van der Waals surface area contributed by atoms with Gasteiger partial charge in [-0.25, -0.2) is 8.42 Å². The molecule has 0 saturated heterocycles. The van der Waals surface area contributed by atoms with Crippen molar-refractivity contribution in [2.45, 2.75) is 4.90 Å². The lowest BCUT2D eigenvalue weighted by Crippen LogP contribution is -2.13. The molecule has 0 atom stereocenters. The summed E-state index contributed by atoms with van der Waals surface area (Å²) in [6.45, 7) is 0. The number of anilines is 1. The van der Waals surface area contributed by atoms with Crippen LogP contribution in [0.15, 0.2) is 41.4 Å². The maximum absolute atomic E-state index is 11.8. The van der Waals surface area contributed by atoms with Gasteiger partial charge in [-0.1, -0.05) is 0 Å². The van der Waals surface area contributed by atoms with Gasteiger partial charge >= 0.3 is 0 Å². The van der Waals surface area contributed by atoms with E-state index in [1.54, 1.807) is 30.3 Å². The van der Waals surface area contributed by atoms with E-state index < -0.39 is 10.0 Å². The van der Waals surface area contributed by atoms with Crippen LogP contribution in [0.25, 0.3) is 0 Å². The molecule has 1 aromatic carbocycles. The lowest BCUT2D eigenvalue weighted by atomic mass is 10.4. The van der Waals surface area contributed by atoms with Gasteiger partial charge in [0.25, 0.3) is 10.0 Å². The minimum Gasteiger partial charge on any atom is -0.264 e. The second-order valence-corrected chi connectivity index (χ2v) is 5.96. The monoisotopic (exact) mass is 349 g/mol. The average molecular weight is 349 g/mol. The number of nitrogens with zero attached hydrogens (tertiary/aromatic N) is 1. The molecule has 5 nitrogen and oxygen atoms in total. The van der Waals surface area contributed by atoms with Gasteiger partial charge in [-0.3, -0.25) is 9.82 Å². The fraction of sp³-hybridized carbons (Fsp3) is 0. The standard InChI is InChI=1S/C9H8IN3O2S/c10-7-1-3-8(4-2-7)16(14,15)13-9-5-6-11-12-9/h1-6H,(H2,11,12,13). The Kier molecular flexibility index (Phi) is 3.15. The van der Waals surface area contributed by atoms with Gasteiger partial charge in [0.2, 0.25) is 0 Å². The third-order valence-corrected chi connectivity index (χ3v) is 3.97. The van der Waals surface area contributed by atoms with Crippen LogP contribution in [0.2, 0.25) is 0 Å². The summed E-state index contributed by atoms with van der Waals surface area (Å²) in [6.07, 6.45) is 1.48. The summed E-state index contributed by atoms with van der Waals surface area (Å²) in [5.74, 6) is 0.346. The van der Waals surface area contributed by atoms with Crippen LogP contribution in [0.3, 0.4) is 0 Å². The molecule has 0 spiro atoms. The summed E-state index contributed by atoms with van der Waals surface area (Å²) in [4.78, 5) is 0.225. The summed E-state index contributed by atoms with van der Waals surface area (Å²) < 4.78 is 27.1. The van der Waals surface area contributed by atoms with Crippen LogP contribution >= 0.6 is 22.6 Å². The average Bonchev–Trinajstić information content (AvgIpc) is 2.70. The number of aromatic amines is 1. The molecule has 84 valence electrons. The van der Waals surface area contributed by atoms with E-state index in [0.717, 1.165) is 3.57 Å². The topological polar surface area (TPSA) is 74.8 Å². The number of nitrogens with one attached hydrogen (secondary N) is 2. The Morgan fingerprint density at radius 2 is 1.88 bits per heavy atom. The van der Waals surface area contributed by atoms with E-state index in [4.69, 9.17) is 0 Å². The molecule has 2 rings (SSSR count). The van der Waals surface area contributed by atoms with E-state index in [-0.39, 0.29) is 4.90 Å². The third kappa shape index (κ3) is 2.53. The van der Waals surface area contributed by atoms with Crippen molar-refractivity contribution in [2.75, 3.05) is 4.72 Å². The first kappa shape index (κ1) is 11.4. The van der Waals surface area contributed by atoms with Crippen molar-refractivity contribution < 1.29 is 8.42 Å². The summed E-state index contributed by atoms with van der Waals surface area (Å²) in [5, 5.41) is 6.19. The van der Waals surface area contributed by atoms with Crippen molar-refractivity contribution >= 4 is 38.4 Å². The van der Waals surface area contributed by atoms with E-state index in [2.05, 4.69) is 37.5 Å². The van der Waals surface area contributed by atoms with Crippen LogP contribution < -0.4 is 4.72 Å². The van der Waals surface area contributed by atoms with Crippen molar-refractivity contribution in [2.24, 2.45) is 0 Å². The molecule has 7 heteroatoms. The molecule has 0 amide bonds. The molecule has 0 bridgehead atoms. The molecule has 2 N–H and O–H groups in total. The SMILES string of the molecule is O=S(=O)(Nc1ccn[nH]1)c1ccc(I)cc1. The Balaban J connectivity index is 2.29. The fourth-order valence-electron chi connectivity index (χ4n) is 1.13. The van der Waals surface area contributed by atoms with E-state index in [1.807, 2.05) is 0 Å². The highest BCUT2D eigenvalue weighted by Crippen LogP contribution is 2.15. The van der Waals surface area contributed by atoms with Crippen LogP contribution in [0, 0.1) is 3.57 Å². The van der Waals surface area contributed by atoms with Gasteiger partial charge in [0, 0.05) is 9.64 Å². The molecule has 1 aromatic heterocycles. The molecule has 2 aromatic rings. The Hall–Kier alpha value is -1.09. The second-order valence-electron chi connectivity index (χ2n) is 3.03. The van der Waals surface area contributed by atoms with Crippen LogP contribution in [-0.4, -0.2) is 18.6 Å². The number of halogens is 1. The quantitative estimate of drug-likeness (QED) is 0.830. The molecular weight excluding hydrogens is 341 g/mol. The molecule has 1 heterocycles. The van der Waals surface area contributed by atoms with Gasteiger partial charge < -0.3 is 0 Å². The van der Waals surface area contributed by atoms with E-state index in [0.29, 0.717) is 5.82 Å². The minimum atomic E-state index is -3.52. The molecule has 0 unspecified atom stereocenters. The molecule has 0 aliphatic carbocycles. The van der Waals surface area contributed by atoms with E-state index >= 15 is 0 Å². The van der Waals surface area contributed by atoms with Crippen molar-refractivity contribution in [3.05, 3.63) is 40.1 Å². The summed E-state index contributed by atoms with van der Waals surface area (Å²) in [7, 11) is -3.52.